The molecule has 0 radical (unpaired) electrons. The first-order chi connectivity index (χ1) is 26.4. The maximum absolute atomic E-state index is 11.5. The number of aromatic nitrogens is 6. The highest BCUT2D eigenvalue weighted by molar-refractivity contribution is 6.17. The summed E-state index contributed by atoms with van der Waals surface area (Å²) in [5.41, 5.74) is 14.1. The number of hydrogen-bond acceptors (Lipinski definition) is 7. The highest BCUT2D eigenvalue weighted by Gasteiger charge is 2.25. The van der Waals surface area contributed by atoms with Crippen LogP contribution >= 0.6 is 0 Å². The second kappa shape index (κ2) is 14.1. The van der Waals surface area contributed by atoms with Crippen LogP contribution in [0.25, 0.3) is 55.3 Å². The average Bonchev–Trinajstić information content (AvgIpc) is 3.99. The number of allylic oxidation sites excluding steroid dienone is 1. The molecule has 3 aromatic heterocycles. The van der Waals surface area contributed by atoms with Gasteiger partial charge < -0.3 is 25.9 Å². The molecule has 12 nitrogen and oxygen atoms in total. The van der Waals surface area contributed by atoms with Crippen LogP contribution in [0, 0.1) is 6.57 Å². The third-order valence-corrected chi connectivity index (χ3v) is 8.97. The van der Waals surface area contributed by atoms with Crippen molar-refractivity contribution in [3.63, 3.8) is 0 Å². The minimum Gasteiger partial charge on any atom is -0.505 e. The van der Waals surface area contributed by atoms with Gasteiger partial charge in [-0.15, -0.1) is 0 Å². The monoisotopic (exact) mass is 709 g/mol. The summed E-state index contributed by atoms with van der Waals surface area (Å²) < 4.78 is 1.74. The highest BCUT2D eigenvalue weighted by Crippen LogP contribution is 2.38. The number of aromatic hydroxyl groups is 1. The van der Waals surface area contributed by atoms with Gasteiger partial charge in [0.25, 0.3) is 0 Å². The van der Waals surface area contributed by atoms with E-state index in [9.17, 15) is 15.0 Å². The number of amides is 1. The lowest BCUT2D eigenvalue weighted by Gasteiger charge is -2.05. The maximum atomic E-state index is 11.5. The summed E-state index contributed by atoms with van der Waals surface area (Å²) >= 11 is 0. The van der Waals surface area contributed by atoms with Gasteiger partial charge in [0.15, 0.2) is 17.3 Å². The third kappa shape index (κ3) is 6.44. The van der Waals surface area contributed by atoms with Gasteiger partial charge in [0, 0.05) is 16.7 Å². The molecule has 0 saturated heterocycles. The van der Waals surface area contributed by atoms with Gasteiger partial charge in [-0.25, -0.2) is 14.8 Å². The first-order valence-electron chi connectivity index (χ1n) is 17.0. The van der Waals surface area contributed by atoms with E-state index in [4.69, 9.17) is 17.4 Å². The van der Waals surface area contributed by atoms with Gasteiger partial charge in [0.05, 0.1) is 47.3 Å². The number of aliphatic hydroxyl groups excluding tert-OH is 1. The van der Waals surface area contributed by atoms with Crippen molar-refractivity contribution in [2.45, 2.75) is 6.54 Å². The van der Waals surface area contributed by atoms with Crippen molar-refractivity contribution < 1.29 is 15.0 Å². The lowest BCUT2D eigenvalue weighted by atomic mass is 10.1. The number of rotatable bonds is 7. The number of nitrogens with zero attached hydrogens (tertiary/aromatic N) is 6. The first-order valence-corrected chi connectivity index (χ1v) is 17.0. The lowest BCUT2D eigenvalue weighted by Crippen LogP contribution is -2.10. The van der Waals surface area contributed by atoms with Crippen LogP contribution in [0.2, 0.25) is 0 Å². The molecule has 8 aromatic rings. The van der Waals surface area contributed by atoms with Crippen molar-refractivity contribution in [2.75, 3.05) is 6.54 Å². The fourth-order valence-corrected chi connectivity index (χ4v) is 6.30. The number of aliphatic hydroxyl groups is 1. The number of aromatic amines is 2. The number of nitrogens with two attached hydrogens (primary N) is 1. The first kappa shape index (κ1) is 33.4. The fraction of sp³-hybridized carbons (Fsp3) is 0.0476. The van der Waals surface area contributed by atoms with Crippen molar-refractivity contribution in [1.82, 2.24) is 29.7 Å². The number of benzene rings is 5. The molecular formula is C42H31N9O3. The van der Waals surface area contributed by atoms with Crippen LogP contribution in [-0.2, 0) is 6.54 Å². The van der Waals surface area contributed by atoms with Gasteiger partial charge >= 0.3 is 0 Å². The SMILES string of the molecule is NC(=O)c1ccc2nc(-c3c(O)c(-c4ccccc4)nn3Cc3ccccc3)[nH]c2c1.[C-]#[N+]c1ccc2nc(C3=C(O)C(c4ccccc4)=NC3)[nH]c2c1. The summed E-state index contributed by atoms with van der Waals surface area (Å²) in [5.74, 6) is 0.729. The Hall–Kier alpha value is -7.78. The van der Waals surface area contributed by atoms with E-state index in [0.717, 1.165) is 27.7 Å². The quantitative estimate of drug-likeness (QED) is 0.105. The second-order valence-electron chi connectivity index (χ2n) is 12.5. The van der Waals surface area contributed by atoms with Gasteiger partial charge in [0.2, 0.25) is 5.91 Å². The van der Waals surface area contributed by atoms with E-state index in [0.29, 0.717) is 69.7 Å². The summed E-state index contributed by atoms with van der Waals surface area (Å²) in [5, 5.41) is 26.4. The molecule has 0 atom stereocenters. The van der Waals surface area contributed by atoms with Crippen LogP contribution in [0.5, 0.6) is 5.75 Å². The van der Waals surface area contributed by atoms with Crippen LogP contribution in [-0.4, -0.2) is 58.1 Å². The minimum absolute atomic E-state index is 0.0383. The number of nitrogens with one attached hydrogen (secondary N) is 2. The van der Waals surface area contributed by atoms with Crippen molar-refractivity contribution >= 4 is 44.9 Å². The molecule has 1 amide bonds. The van der Waals surface area contributed by atoms with Gasteiger partial charge in [-0.1, -0.05) is 97.1 Å². The molecule has 0 aliphatic carbocycles. The molecule has 6 N–H and O–H groups in total. The molecule has 0 saturated carbocycles. The molecule has 0 unspecified atom stereocenters. The smallest absolute Gasteiger partial charge is 0.248 e. The summed E-state index contributed by atoms with van der Waals surface area (Å²) in [7, 11) is 0. The Kier molecular flexibility index (Phi) is 8.71. The summed E-state index contributed by atoms with van der Waals surface area (Å²) in [6.45, 7) is 7.91. The van der Waals surface area contributed by atoms with Crippen molar-refractivity contribution in [3.8, 4) is 28.5 Å². The number of aliphatic imine (C=N–C) groups is 1. The molecule has 9 rings (SSSR count). The molecule has 0 spiro atoms. The molecule has 5 aromatic carbocycles. The summed E-state index contributed by atoms with van der Waals surface area (Å²) in [6.07, 6.45) is 0. The Bertz CT molecular complexity index is 2770. The number of hydrogen-bond donors (Lipinski definition) is 5. The third-order valence-electron chi connectivity index (χ3n) is 8.97. The number of H-pyrrole nitrogens is 2. The molecule has 1 aliphatic heterocycles. The lowest BCUT2D eigenvalue weighted by molar-refractivity contribution is 0.100. The van der Waals surface area contributed by atoms with E-state index in [1.165, 1.54) is 0 Å². The van der Waals surface area contributed by atoms with E-state index in [1.807, 2.05) is 91.0 Å². The number of primary amides is 1. The van der Waals surface area contributed by atoms with Gasteiger partial charge in [-0.2, -0.15) is 5.10 Å². The Balaban J connectivity index is 0.000000160. The van der Waals surface area contributed by atoms with Crippen LogP contribution in [0.3, 0.4) is 0 Å². The van der Waals surface area contributed by atoms with Gasteiger partial charge in [-0.3, -0.25) is 14.5 Å². The average molecular weight is 710 g/mol. The number of fused-ring (bicyclic) bond motifs is 2. The minimum atomic E-state index is -0.513. The molecule has 12 heteroatoms. The zero-order valence-electron chi connectivity index (χ0n) is 28.6. The molecule has 262 valence electrons. The molecule has 0 fully saturated rings. The van der Waals surface area contributed by atoms with Crippen LogP contribution in [0.4, 0.5) is 5.69 Å². The summed E-state index contributed by atoms with van der Waals surface area (Å²) in [4.78, 5) is 34.9. The predicted octanol–water partition coefficient (Wildman–Crippen LogP) is 7.83. The van der Waals surface area contributed by atoms with E-state index in [2.05, 4.69) is 29.8 Å². The second-order valence-corrected chi connectivity index (χ2v) is 12.5. The normalized spacial score (nSPS) is 12.4. The number of imidazole rings is 2. The van der Waals surface area contributed by atoms with Crippen molar-refractivity contribution in [1.29, 1.82) is 0 Å². The molecule has 1 aliphatic rings. The molecule has 54 heavy (non-hydrogen) atoms. The Morgan fingerprint density at radius 1 is 0.778 bits per heavy atom. The fourth-order valence-electron chi connectivity index (χ4n) is 6.30. The number of carbonyl (C=O) groups excluding carboxylic acids is 1. The molecule has 4 heterocycles. The van der Waals surface area contributed by atoms with E-state index in [-0.39, 0.29) is 11.5 Å². The van der Waals surface area contributed by atoms with Gasteiger partial charge in [-0.05, 0) is 35.9 Å². The van der Waals surface area contributed by atoms with Gasteiger partial charge in [0.1, 0.15) is 28.7 Å². The number of carbonyl (C=O) groups is 1. The predicted molar refractivity (Wildman–Crippen MR) is 208 cm³/mol. The largest absolute Gasteiger partial charge is 0.505 e. The Labute approximate surface area is 308 Å². The van der Waals surface area contributed by atoms with Crippen LogP contribution in [0.15, 0.2) is 138 Å². The zero-order valence-corrected chi connectivity index (χ0v) is 28.6. The zero-order chi connectivity index (χ0) is 37.2. The van der Waals surface area contributed by atoms with Crippen molar-refractivity contribution in [2.24, 2.45) is 10.7 Å². The van der Waals surface area contributed by atoms with Crippen LogP contribution < -0.4 is 5.73 Å². The van der Waals surface area contributed by atoms with E-state index in [1.54, 1.807) is 41.1 Å². The Morgan fingerprint density at radius 2 is 1.39 bits per heavy atom. The van der Waals surface area contributed by atoms with E-state index < -0.39 is 5.91 Å². The van der Waals surface area contributed by atoms with Crippen LogP contribution in [0.1, 0.15) is 27.3 Å². The Morgan fingerprint density at radius 3 is 2.07 bits per heavy atom. The summed E-state index contributed by atoms with van der Waals surface area (Å²) in [6, 6.07) is 39.3. The maximum Gasteiger partial charge on any atom is 0.248 e. The standard InChI is InChI=1S/C24H19N5O2.C18H12N4O/c25-23(31)17-11-12-18-19(13-17)27-24(26-18)21-22(30)20(16-9-5-2-6-10-16)28-29(21)14-15-7-3-1-4-8-15;1-19-12-7-8-14-15(9-12)22-18(21-14)13-10-20-16(17(13)23)11-5-3-2-4-6-11/h1-13,30H,14H2,(H2,25,31)(H,26,27);2-9,23H,10H2,(H,21,22). The topological polar surface area (TPSA) is 175 Å². The molecule has 0 bridgehead atoms. The van der Waals surface area contributed by atoms with Crippen molar-refractivity contribution in [3.05, 3.63) is 167 Å². The van der Waals surface area contributed by atoms with E-state index >= 15 is 0 Å². The highest BCUT2D eigenvalue weighted by atomic mass is 16.3. The molecular weight excluding hydrogens is 679 g/mol.